The zero-order chi connectivity index (χ0) is 18.3. The fraction of sp³-hybridized carbons (Fsp3) is 0.235. The molecular formula is C17H19ClN6O2S. The Kier molecular flexibility index (Phi) is 5.07. The second-order valence-corrected chi connectivity index (χ2v) is 8.42. The number of aryl methyl sites for hydroxylation is 1. The molecule has 8 nitrogen and oxygen atoms in total. The molecule has 1 aliphatic rings. The number of halogens is 1. The van der Waals surface area contributed by atoms with E-state index >= 15 is 0 Å². The summed E-state index contributed by atoms with van der Waals surface area (Å²) in [6.07, 6.45) is 1.64. The third-order valence-corrected chi connectivity index (χ3v) is 5.87. The van der Waals surface area contributed by atoms with Gasteiger partial charge in [-0.05, 0) is 43.2 Å². The highest BCUT2D eigenvalue weighted by Crippen LogP contribution is 2.28. The molecule has 1 aromatic carbocycles. The average molecular weight is 407 g/mol. The summed E-state index contributed by atoms with van der Waals surface area (Å²) in [5, 5.41) is 13.4. The highest BCUT2D eigenvalue weighted by molar-refractivity contribution is 7.90. The molecule has 3 N–H and O–H groups in total. The standard InChI is InChI=1S/C17H18N6O2S.ClH/c1-10-11(2)22-23-16(10)20-15-5-6-18-17(21-15)19-14-4-3-12-8-26(24,25)9-13(12)7-14;/h3-7H,8-9H2,1-2H3,(H3,18,19,20,21,22,23);1H. The summed E-state index contributed by atoms with van der Waals surface area (Å²) in [6.45, 7) is 3.93. The van der Waals surface area contributed by atoms with E-state index in [1.54, 1.807) is 12.3 Å². The van der Waals surface area contributed by atoms with Crippen LogP contribution in [0.2, 0.25) is 0 Å². The molecule has 0 amide bonds. The number of H-pyrrole nitrogens is 1. The first kappa shape index (κ1) is 19.1. The van der Waals surface area contributed by atoms with Crippen molar-refractivity contribution in [2.45, 2.75) is 25.4 Å². The molecule has 10 heteroatoms. The average Bonchev–Trinajstić information content (AvgIpc) is 3.06. The fourth-order valence-corrected chi connectivity index (χ4v) is 4.45. The largest absolute Gasteiger partial charge is 0.324 e. The van der Waals surface area contributed by atoms with Crippen LogP contribution in [-0.4, -0.2) is 28.6 Å². The lowest BCUT2D eigenvalue weighted by atomic mass is 10.1. The molecule has 0 aliphatic carbocycles. The molecule has 4 rings (SSSR count). The number of nitrogens with one attached hydrogen (secondary N) is 3. The number of rotatable bonds is 4. The van der Waals surface area contributed by atoms with E-state index in [2.05, 4.69) is 30.8 Å². The van der Waals surface area contributed by atoms with Gasteiger partial charge in [-0.15, -0.1) is 12.4 Å². The summed E-state index contributed by atoms with van der Waals surface area (Å²) in [7, 11) is -3.02. The molecule has 27 heavy (non-hydrogen) atoms. The summed E-state index contributed by atoms with van der Waals surface area (Å²) in [5.74, 6) is 1.94. The Balaban J connectivity index is 0.00000210. The second-order valence-electron chi connectivity index (χ2n) is 6.35. The van der Waals surface area contributed by atoms with Gasteiger partial charge in [0.25, 0.3) is 0 Å². The smallest absolute Gasteiger partial charge is 0.229 e. The molecule has 3 aromatic rings. The van der Waals surface area contributed by atoms with Crippen LogP contribution in [0.4, 0.5) is 23.3 Å². The van der Waals surface area contributed by atoms with Gasteiger partial charge >= 0.3 is 0 Å². The van der Waals surface area contributed by atoms with Crippen LogP contribution in [0.3, 0.4) is 0 Å². The minimum absolute atomic E-state index is 0. The number of hydrogen-bond acceptors (Lipinski definition) is 7. The minimum atomic E-state index is -3.02. The molecule has 0 unspecified atom stereocenters. The quantitative estimate of drug-likeness (QED) is 0.609. The van der Waals surface area contributed by atoms with Crippen molar-refractivity contribution >= 4 is 45.5 Å². The number of hydrogen-bond donors (Lipinski definition) is 3. The van der Waals surface area contributed by atoms with Crippen molar-refractivity contribution in [3.63, 3.8) is 0 Å². The summed E-state index contributed by atoms with van der Waals surface area (Å²) in [4.78, 5) is 8.65. The molecule has 3 heterocycles. The van der Waals surface area contributed by atoms with Crippen LogP contribution in [0.25, 0.3) is 0 Å². The molecule has 0 spiro atoms. The lowest BCUT2D eigenvalue weighted by Crippen LogP contribution is -2.01. The Hall–Kier alpha value is -2.65. The number of aromatic amines is 1. The van der Waals surface area contributed by atoms with Crippen molar-refractivity contribution in [2.75, 3.05) is 10.6 Å². The topological polar surface area (TPSA) is 113 Å². The normalized spacial score (nSPS) is 14.3. The molecule has 0 atom stereocenters. The first-order chi connectivity index (χ1) is 12.4. The molecule has 2 aromatic heterocycles. The van der Waals surface area contributed by atoms with Gasteiger partial charge in [0.05, 0.1) is 11.5 Å². The maximum absolute atomic E-state index is 11.7. The fourth-order valence-electron chi connectivity index (χ4n) is 2.85. The summed E-state index contributed by atoms with van der Waals surface area (Å²) in [5.41, 5.74) is 4.46. The predicted octanol–water partition coefficient (Wildman–Crippen LogP) is 3.15. The zero-order valence-electron chi connectivity index (χ0n) is 14.8. The lowest BCUT2D eigenvalue weighted by molar-refractivity contribution is 0.598. The van der Waals surface area contributed by atoms with Crippen LogP contribution >= 0.6 is 12.4 Å². The van der Waals surface area contributed by atoms with Gasteiger partial charge in [0.15, 0.2) is 15.7 Å². The first-order valence-corrected chi connectivity index (χ1v) is 9.93. The van der Waals surface area contributed by atoms with Gasteiger partial charge < -0.3 is 10.6 Å². The summed E-state index contributed by atoms with van der Waals surface area (Å²) >= 11 is 0. The van der Waals surface area contributed by atoms with Crippen molar-refractivity contribution in [3.8, 4) is 0 Å². The van der Waals surface area contributed by atoms with Gasteiger partial charge in [0, 0.05) is 23.1 Å². The van der Waals surface area contributed by atoms with Gasteiger partial charge in [-0.25, -0.2) is 13.4 Å². The van der Waals surface area contributed by atoms with E-state index in [1.165, 1.54) is 0 Å². The number of sulfone groups is 1. The Bertz CT molecular complexity index is 1100. The Morgan fingerprint density at radius 1 is 1.07 bits per heavy atom. The molecule has 0 fully saturated rings. The van der Waals surface area contributed by atoms with E-state index in [0.29, 0.717) is 11.8 Å². The van der Waals surface area contributed by atoms with Crippen molar-refractivity contribution in [2.24, 2.45) is 0 Å². The van der Waals surface area contributed by atoms with E-state index in [0.717, 1.165) is 33.9 Å². The Morgan fingerprint density at radius 2 is 1.85 bits per heavy atom. The zero-order valence-corrected chi connectivity index (χ0v) is 16.4. The van der Waals surface area contributed by atoms with E-state index < -0.39 is 9.84 Å². The molecule has 0 bridgehead atoms. The highest BCUT2D eigenvalue weighted by Gasteiger charge is 2.24. The van der Waals surface area contributed by atoms with E-state index in [9.17, 15) is 8.42 Å². The Morgan fingerprint density at radius 3 is 2.59 bits per heavy atom. The summed E-state index contributed by atoms with van der Waals surface area (Å²) in [6, 6.07) is 7.26. The molecule has 142 valence electrons. The van der Waals surface area contributed by atoms with Crippen molar-refractivity contribution in [3.05, 3.63) is 52.8 Å². The number of aromatic nitrogens is 4. The monoisotopic (exact) mass is 406 g/mol. The number of nitrogens with zero attached hydrogens (tertiary/aromatic N) is 3. The van der Waals surface area contributed by atoms with Crippen molar-refractivity contribution in [1.82, 2.24) is 20.2 Å². The third kappa shape index (κ3) is 4.04. The first-order valence-electron chi connectivity index (χ1n) is 8.10. The van der Waals surface area contributed by atoms with Gasteiger partial charge in [0.2, 0.25) is 5.95 Å². The van der Waals surface area contributed by atoms with Crippen molar-refractivity contribution in [1.29, 1.82) is 0 Å². The molecule has 0 radical (unpaired) electrons. The second kappa shape index (κ2) is 7.16. The van der Waals surface area contributed by atoms with Crippen LogP contribution < -0.4 is 10.6 Å². The van der Waals surface area contributed by atoms with Gasteiger partial charge in [-0.1, -0.05) is 6.07 Å². The molecule has 0 saturated carbocycles. The van der Waals surface area contributed by atoms with Crippen molar-refractivity contribution < 1.29 is 8.42 Å². The highest BCUT2D eigenvalue weighted by atomic mass is 35.5. The maximum atomic E-state index is 11.7. The lowest BCUT2D eigenvalue weighted by Gasteiger charge is -2.08. The van der Waals surface area contributed by atoms with E-state index in [1.807, 2.05) is 32.0 Å². The van der Waals surface area contributed by atoms with Gasteiger partial charge in [-0.3, -0.25) is 5.10 Å². The van der Waals surface area contributed by atoms with Gasteiger partial charge in [0.1, 0.15) is 5.82 Å². The van der Waals surface area contributed by atoms with Crippen LogP contribution in [-0.2, 0) is 21.3 Å². The summed E-state index contributed by atoms with van der Waals surface area (Å²) < 4.78 is 23.5. The number of benzene rings is 1. The van der Waals surface area contributed by atoms with E-state index in [4.69, 9.17) is 0 Å². The minimum Gasteiger partial charge on any atom is -0.324 e. The van der Waals surface area contributed by atoms with Crippen LogP contribution in [0, 0.1) is 13.8 Å². The van der Waals surface area contributed by atoms with E-state index in [-0.39, 0.29) is 23.9 Å². The maximum Gasteiger partial charge on any atom is 0.229 e. The van der Waals surface area contributed by atoms with Crippen LogP contribution in [0.5, 0.6) is 0 Å². The predicted molar refractivity (Wildman–Crippen MR) is 107 cm³/mol. The number of anilines is 4. The third-order valence-electron chi connectivity index (χ3n) is 4.37. The number of fused-ring (bicyclic) bond motifs is 1. The Labute approximate surface area is 163 Å². The van der Waals surface area contributed by atoms with Gasteiger partial charge in [-0.2, -0.15) is 10.1 Å². The molecule has 0 saturated heterocycles. The molecular weight excluding hydrogens is 388 g/mol. The van der Waals surface area contributed by atoms with Crippen LogP contribution in [0.15, 0.2) is 30.5 Å². The SMILES string of the molecule is Cc1[nH]nc(Nc2ccnc(Nc3ccc4c(c3)CS(=O)(=O)C4)n2)c1C.Cl. The van der Waals surface area contributed by atoms with Crippen LogP contribution in [0.1, 0.15) is 22.4 Å². The molecule has 1 aliphatic heterocycles.